The normalized spacial score (nSPS) is 20.4. The number of nitrogens with one attached hydrogen (secondary N) is 1. The number of urea groups is 1. The third-order valence-corrected chi connectivity index (χ3v) is 4.31. The molecule has 0 saturated carbocycles. The molecule has 2 aliphatic heterocycles. The Labute approximate surface area is 140 Å². The van der Waals surface area contributed by atoms with E-state index in [1.807, 2.05) is 25.3 Å². The molecule has 2 aliphatic rings. The van der Waals surface area contributed by atoms with Crippen LogP contribution in [-0.4, -0.2) is 58.8 Å². The van der Waals surface area contributed by atoms with E-state index in [0.717, 1.165) is 0 Å². The number of anilines is 1. The van der Waals surface area contributed by atoms with Crippen molar-refractivity contribution in [3.63, 3.8) is 0 Å². The van der Waals surface area contributed by atoms with Crippen molar-refractivity contribution < 1.29 is 14.3 Å². The van der Waals surface area contributed by atoms with Crippen LogP contribution in [0.1, 0.15) is 26.3 Å². The number of cyclic esters (lactones) is 1. The van der Waals surface area contributed by atoms with Gasteiger partial charge in [0.25, 0.3) is 0 Å². The second-order valence-corrected chi connectivity index (χ2v) is 7.07. The predicted octanol–water partition coefficient (Wildman–Crippen LogP) is 1.78. The van der Waals surface area contributed by atoms with E-state index in [4.69, 9.17) is 10.00 Å². The van der Waals surface area contributed by atoms with Gasteiger partial charge in [0.1, 0.15) is 18.5 Å². The number of fused-ring (bicyclic) bond motifs is 1. The Morgan fingerprint density at radius 3 is 2.83 bits per heavy atom. The van der Waals surface area contributed by atoms with Crippen LogP contribution in [0.2, 0.25) is 0 Å². The van der Waals surface area contributed by atoms with Crippen LogP contribution in [0.15, 0.2) is 12.3 Å². The van der Waals surface area contributed by atoms with Gasteiger partial charge in [0.15, 0.2) is 0 Å². The van der Waals surface area contributed by atoms with E-state index in [0.29, 0.717) is 37.6 Å². The van der Waals surface area contributed by atoms with Crippen molar-refractivity contribution in [3.05, 3.63) is 17.8 Å². The minimum Gasteiger partial charge on any atom is -0.447 e. The molecule has 0 aliphatic carbocycles. The van der Waals surface area contributed by atoms with Crippen LogP contribution in [0.3, 0.4) is 0 Å². The topological polar surface area (TPSA) is 90.6 Å². The maximum atomic E-state index is 12.6. The van der Waals surface area contributed by atoms with Crippen molar-refractivity contribution in [3.8, 4) is 6.07 Å². The van der Waals surface area contributed by atoms with E-state index >= 15 is 0 Å². The minimum atomic E-state index is -0.305. The van der Waals surface area contributed by atoms with Crippen LogP contribution < -0.4 is 5.32 Å². The third kappa shape index (κ3) is 2.89. The van der Waals surface area contributed by atoms with Gasteiger partial charge in [-0.15, -0.1) is 0 Å². The largest absolute Gasteiger partial charge is 0.447 e. The summed E-state index contributed by atoms with van der Waals surface area (Å²) >= 11 is 0. The number of ether oxygens (including phenoxy) is 1. The first kappa shape index (κ1) is 16.2. The lowest BCUT2D eigenvalue weighted by molar-refractivity contribution is 0.132. The highest BCUT2D eigenvalue weighted by atomic mass is 16.6. The molecule has 3 amide bonds. The molecule has 8 heteroatoms. The first-order chi connectivity index (χ1) is 11.3. The van der Waals surface area contributed by atoms with Gasteiger partial charge in [-0.2, -0.15) is 5.26 Å². The second-order valence-electron chi connectivity index (χ2n) is 7.07. The maximum Gasteiger partial charge on any atom is 0.410 e. The van der Waals surface area contributed by atoms with Crippen molar-refractivity contribution in [1.29, 1.82) is 5.26 Å². The molecule has 3 heterocycles. The summed E-state index contributed by atoms with van der Waals surface area (Å²) in [5.41, 5.74) is 0.238. The number of hydrogen-bond acceptors (Lipinski definition) is 4. The van der Waals surface area contributed by atoms with E-state index in [-0.39, 0.29) is 23.7 Å². The first-order valence-corrected chi connectivity index (χ1v) is 7.92. The monoisotopic (exact) mass is 331 g/mol. The Kier molecular flexibility index (Phi) is 3.87. The van der Waals surface area contributed by atoms with Crippen molar-refractivity contribution in [2.24, 2.45) is 0 Å². The molecule has 0 spiro atoms. The second kappa shape index (κ2) is 5.74. The Hall–Kier alpha value is -2.69. The van der Waals surface area contributed by atoms with Crippen LogP contribution in [0.5, 0.6) is 0 Å². The number of hydrogen-bond donors (Lipinski definition) is 1. The zero-order chi connectivity index (χ0) is 17.5. The molecule has 0 bridgehead atoms. The Bertz CT molecular complexity index is 712. The van der Waals surface area contributed by atoms with Gasteiger partial charge in [-0.3, -0.25) is 10.2 Å². The molecule has 24 heavy (non-hydrogen) atoms. The number of rotatable bonds is 1. The van der Waals surface area contributed by atoms with Crippen molar-refractivity contribution in [2.75, 3.05) is 31.6 Å². The fourth-order valence-electron chi connectivity index (χ4n) is 3.04. The predicted molar refractivity (Wildman–Crippen MR) is 86.6 cm³/mol. The minimum absolute atomic E-state index is 0.0823. The lowest BCUT2D eigenvalue weighted by Crippen LogP contribution is -2.54. The number of aromatic nitrogens is 1. The van der Waals surface area contributed by atoms with Crippen LogP contribution in [-0.2, 0) is 10.3 Å². The van der Waals surface area contributed by atoms with E-state index in [1.54, 1.807) is 22.1 Å². The molecule has 1 atom stereocenters. The number of amides is 3. The Morgan fingerprint density at radius 1 is 1.42 bits per heavy atom. The zero-order valence-corrected chi connectivity index (χ0v) is 14.1. The van der Waals surface area contributed by atoms with E-state index in [1.165, 1.54) is 0 Å². The lowest BCUT2D eigenvalue weighted by Gasteiger charge is -2.35. The molecule has 1 aromatic heterocycles. The number of carbonyl (C=O) groups is 2. The Morgan fingerprint density at radius 2 is 2.17 bits per heavy atom. The molecule has 0 radical (unpaired) electrons. The summed E-state index contributed by atoms with van der Waals surface area (Å²) in [6.45, 7) is 7.70. The number of nitrogens with zero attached hydrogens (tertiary/aromatic N) is 4. The number of carbonyl (C=O) groups excluding carboxylic acids is 2. The molecule has 8 nitrogen and oxygen atoms in total. The van der Waals surface area contributed by atoms with Crippen molar-refractivity contribution in [2.45, 2.75) is 32.4 Å². The molecule has 1 aromatic rings. The summed E-state index contributed by atoms with van der Waals surface area (Å²) in [6.07, 6.45) is 1.43. The fourth-order valence-corrected chi connectivity index (χ4v) is 3.04. The summed E-state index contributed by atoms with van der Waals surface area (Å²) in [4.78, 5) is 27.4. The number of nitriles is 1. The lowest BCUT2D eigenvalue weighted by atomic mass is 10.1. The van der Waals surface area contributed by atoms with Gasteiger partial charge in [-0.1, -0.05) is 0 Å². The van der Waals surface area contributed by atoms with Gasteiger partial charge in [-0.05, 0) is 26.8 Å². The molecular formula is C16H21N5O3. The van der Waals surface area contributed by atoms with Crippen molar-refractivity contribution >= 4 is 17.9 Å². The van der Waals surface area contributed by atoms with Gasteiger partial charge in [0, 0.05) is 31.4 Å². The standard InChI is InChI=1S/C16H21N5O3/c1-16(2,3)21-8-11(7-17)6-13(21)18-14(22)19-4-5-20-12(9-19)10-24-15(20)23/h6,8,12H,4-5,9-10H2,1-3H3,(H,18,22). The smallest absolute Gasteiger partial charge is 0.410 e. The fraction of sp³-hybridized carbons (Fsp3) is 0.562. The maximum absolute atomic E-state index is 12.6. The van der Waals surface area contributed by atoms with Gasteiger partial charge >= 0.3 is 12.1 Å². The summed E-state index contributed by atoms with van der Waals surface area (Å²) in [5.74, 6) is 0.588. The highest BCUT2D eigenvalue weighted by Crippen LogP contribution is 2.25. The summed E-state index contributed by atoms with van der Waals surface area (Å²) < 4.78 is 6.89. The average molecular weight is 331 g/mol. The molecule has 1 N–H and O–H groups in total. The van der Waals surface area contributed by atoms with E-state index in [9.17, 15) is 9.59 Å². The summed E-state index contributed by atoms with van der Waals surface area (Å²) in [7, 11) is 0. The van der Waals surface area contributed by atoms with E-state index in [2.05, 4.69) is 11.4 Å². The van der Waals surface area contributed by atoms with Crippen LogP contribution >= 0.6 is 0 Å². The van der Waals surface area contributed by atoms with Gasteiger partial charge < -0.3 is 14.2 Å². The zero-order valence-electron chi connectivity index (χ0n) is 14.1. The first-order valence-electron chi connectivity index (χ1n) is 7.92. The van der Waals surface area contributed by atoms with Crippen LogP contribution in [0.4, 0.5) is 15.4 Å². The molecule has 2 saturated heterocycles. The average Bonchev–Trinajstić information content (AvgIpc) is 3.10. The molecule has 0 aromatic carbocycles. The summed E-state index contributed by atoms with van der Waals surface area (Å²) in [6, 6.07) is 3.45. The molecule has 3 rings (SSSR count). The SMILES string of the molecule is CC(C)(C)n1cc(C#N)cc1NC(=O)N1CCN2C(=O)OCC2C1. The van der Waals surface area contributed by atoms with E-state index < -0.39 is 0 Å². The Balaban J connectivity index is 1.73. The summed E-state index contributed by atoms with van der Waals surface area (Å²) in [5, 5.41) is 12.0. The number of piperazine rings is 1. The third-order valence-electron chi connectivity index (χ3n) is 4.31. The highest BCUT2D eigenvalue weighted by molar-refractivity contribution is 5.89. The molecular weight excluding hydrogens is 310 g/mol. The van der Waals surface area contributed by atoms with Crippen molar-refractivity contribution in [1.82, 2.24) is 14.4 Å². The van der Waals surface area contributed by atoms with Crippen LogP contribution in [0.25, 0.3) is 0 Å². The highest BCUT2D eigenvalue weighted by Gasteiger charge is 2.38. The van der Waals surface area contributed by atoms with Gasteiger partial charge in [0.2, 0.25) is 0 Å². The van der Waals surface area contributed by atoms with Gasteiger partial charge in [0.05, 0.1) is 11.6 Å². The quantitative estimate of drug-likeness (QED) is 0.849. The molecule has 1 unspecified atom stereocenters. The van der Waals surface area contributed by atoms with Crippen LogP contribution in [0, 0.1) is 11.3 Å². The molecule has 2 fully saturated rings. The molecule has 128 valence electrons. The van der Waals surface area contributed by atoms with Gasteiger partial charge in [-0.25, -0.2) is 9.59 Å².